The van der Waals surface area contributed by atoms with Gasteiger partial charge < -0.3 is 15.5 Å². The molecule has 1 unspecified atom stereocenters. The highest BCUT2D eigenvalue weighted by molar-refractivity contribution is 5.94. The lowest BCUT2D eigenvalue weighted by Gasteiger charge is -2.10. The number of hydrogen-bond donors (Lipinski definition) is 2. The zero-order valence-electron chi connectivity index (χ0n) is 10.4. The summed E-state index contributed by atoms with van der Waals surface area (Å²) in [5.41, 5.74) is 7.26. The van der Waals surface area contributed by atoms with Gasteiger partial charge in [0.2, 0.25) is 5.91 Å². The zero-order chi connectivity index (χ0) is 13.7. The molecular formula is C14H15N3O2. The van der Waals surface area contributed by atoms with E-state index in [9.17, 15) is 4.79 Å². The van der Waals surface area contributed by atoms with E-state index in [2.05, 4.69) is 16.9 Å². The molecule has 1 amide bonds. The van der Waals surface area contributed by atoms with Crippen LogP contribution in [0.4, 0.5) is 5.69 Å². The van der Waals surface area contributed by atoms with E-state index in [1.807, 2.05) is 12.1 Å². The van der Waals surface area contributed by atoms with Gasteiger partial charge in [-0.2, -0.15) is 0 Å². The predicted octanol–water partition coefficient (Wildman–Crippen LogP) is 2.18. The Hall–Kier alpha value is -2.40. The van der Waals surface area contributed by atoms with Crippen molar-refractivity contribution in [2.24, 2.45) is 5.73 Å². The van der Waals surface area contributed by atoms with Crippen molar-refractivity contribution in [3.05, 3.63) is 49.5 Å². The second kappa shape index (κ2) is 5.97. The highest BCUT2D eigenvalue weighted by Crippen LogP contribution is 2.20. The molecular weight excluding hydrogens is 242 g/mol. The van der Waals surface area contributed by atoms with E-state index in [0.29, 0.717) is 17.9 Å². The van der Waals surface area contributed by atoms with Crippen molar-refractivity contribution >= 4 is 11.6 Å². The molecule has 0 fully saturated rings. The first-order chi connectivity index (χ1) is 9.20. The summed E-state index contributed by atoms with van der Waals surface area (Å²) in [7, 11) is 0. The van der Waals surface area contributed by atoms with Crippen LogP contribution in [0, 0.1) is 0 Å². The first kappa shape index (κ1) is 13.0. The number of rotatable bonds is 5. The molecule has 0 radical (unpaired) electrons. The van der Waals surface area contributed by atoms with Crippen LogP contribution in [0.2, 0.25) is 0 Å². The average Bonchev–Trinajstić information content (AvgIpc) is 2.94. The molecule has 3 N–H and O–H groups in total. The number of aromatic nitrogens is 1. The minimum Gasteiger partial charge on any atom is -0.444 e. The van der Waals surface area contributed by atoms with Crippen LogP contribution in [0.25, 0.3) is 11.3 Å². The summed E-state index contributed by atoms with van der Waals surface area (Å²) in [6, 6.07) is 6.68. The number of nitrogens with one attached hydrogen (secondary N) is 1. The van der Waals surface area contributed by atoms with Gasteiger partial charge in [-0.1, -0.05) is 6.08 Å². The molecule has 2 rings (SSSR count). The number of nitrogens with zero attached hydrogens (tertiary/aromatic N) is 1. The molecule has 0 aliphatic rings. The van der Waals surface area contributed by atoms with E-state index >= 15 is 0 Å². The van der Waals surface area contributed by atoms with Gasteiger partial charge in [0, 0.05) is 11.3 Å². The average molecular weight is 257 g/mol. The van der Waals surface area contributed by atoms with Gasteiger partial charge in [-0.25, -0.2) is 4.98 Å². The minimum absolute atomic E-state index is 0.229. The molecule has 1 aromatic heterocycles. The maximum atomic E-state index is 11.7. The molecule has 0 aliphatic carbocycles. The van der Waals surface area contributed by atoms with Crippen LogP contribution in [0.1, 0.15) is 6.42 Å². The Labute approximate surface area is 111 Å². The number of amides is 1. The van der Waals surface area contributed by atoms with Crippen LogP contribution in [0.3, 0.4) is 0 Å². The van der Waals surface area contributed by atoms with Crippen molar-refractivity contribution in [3.63, 3.8) is 0 Å². The molecule has 0 aliphatic heterocycles. The number of carbonyl (C=O) groups is 1. The number of anilines is 1. The van der Waals surface area contributed by atoms with Crippen LogP contribution >= 0.6 is 0 Å². The van der Waals surface area contributed by atoms with E-state index < -0.39 is 6.04 Å². The number of benzene rings is 1. The molecule has 1 atom stereocenters. The highest BCUT2D eigenvalue weighted by atomic mass is 16.3. The van der Waals surface area contributed by atoms with Crippen molar-refractivity contribution in [2.45, 2.75) is 12.5 Å². The third-order valence-electron chi connectivity index (χ3n) is 2.63. The lowest BCUT2D eigenvalue weighted by molar-refractivity contribution is -0.117. The Morgan fingerprint density at radius 1 is 1.47 bits per heavy atom. The van der Waals surface area contributed by atoms with E-state index in [1.165, 1.54) is 6.39 Å². The fourth-order valence-corrected chi connectivity index (χ4v) is 1.60. The first-order valence-corrected chi connectivity index (χ1v) is 5.87. The largest absolute Gasteiger partial charge is 0.444 e. The summed E-state index contributed by atoms with van der Waals surface area (Å²) in [5, 5.41) is 2.74. The molecule has 19 heavy (non-hydrogen) atoms. The Morgan fingerprint density at radius 2 is 2.21 bits per heavy atom. The van der Waals surface area contributed by atoms with Crippen molar-refractivity contribution in [1.82, 2.24) is 4.98 Å². The molecule has 0 spiro atoms. The second-order valence-electron chi connectivity index (χ2n) is 4.06. The van der Waals surface area contributed by atoms with Gasteiger partial charge in [0.05, 0.1) is 12.2 Å². The lowest BCUT2D eigenvalue weighted by atomic mass is 10.1. The van der Waals surface area contributed by atoms with Crippen LogP contribution in [0.15, 0.2) is 53.9 Å². The van der Waals surface area contributed by atoms with Gasteiger partial charge in [0.15, 0.2) is 12.2 Å². The normalized spacial score (nSPS) is 11.8. The number of nitrogens with two attached hydrogens (primary N) is 1. The standard InChI is InChI=1S/C14H15N3O2/c1-2-3-12(15)14(18)17-11-6-4-10(5-7-11)13-8-16-9-19-13/h2,4-9,12H,1,3,15H2,(H,17,18). The predicted molar refractivity (Wildman–Crippen MR) is 73.4 cm³/mol. The van der Waals surface area contributed by atoms with Gasteiger partial charge in [0.25, 0.3) is 0 Å². The molecule has 1 aromatic carbocycles. The van der Waals surface area contributed by atoms with Crippen molar-refractivity contribution < 1.29 is 9.21 Å². The Balaban J connectivity index is 2.03. The van der Waals surface area contributed by atoms with E-state index in [-0.39, 0.29) is 5.91 Å². The van der Waals surface area contributed by atoms with Crippen LogP contribution in [-0.4, -0.2) is 16.9 Å². The van der Waals surface area contributed by atoms with Crippen molar-refractivity contribution in [1.29, 1.82) is 0 Å². The maximum Gasteiger partial charge on any atom is 0.241 e. The molecule has 5 heteroatoms. The van der Waals surface area contributed by atoms with Gasteiger partial charge in [-0.05, 0) is 30.7 Å². The number of carbonyl (C=O) groups excluding carboxylic acids is 1. The summed E-state index contributed by atoms with van der Waals surface area (Å²) >= 11 is 0. The molecule has 5 nitrogen and oxygen atoms in total. The number of hydrogen-bond acceptors (Lipinski definition) is 4. The zero-order valence-corrected chi connectivity index (χ0v) is 10.4. The van der Waals surface area contributed by atoms with E-state index in [0.717, 1.165) is 5.56 Å². The molecule has 0 saturated carbocycles. The molecule has 0 saturated heterocycles. The third kappa shape index (κ3) is 3.29. The van der Waals surface area contributed by atoms with E-state index in [1.54, 1.807) is 24.4 Å². The lowest BCUT2D eigenvalue weighted by Crippen LogP contribution is -2.34. The third-order valence-corrected chi connectivity index (χ3v) is 2.63. The smallest absolute Gasteiger partial charge is 0.241 e. The summed E-state index contributed by atoms with van der Waals surface area (Å²) in [5.74, 6) is 0.452. The van der Waals surface area contributed by atoms with Gasteiger partial charge in [-0.15, -0.1) is 6.58 Å². The Bertz CT molecular complexity index is 547. The maximum absolute atomic E-state index is 11.7. The SMILES string of the molecule is C=CCC(N)C(=O)Nc1ccc(-c2cnco2)cc1. The summed E-state index contributed by atoms with van der Waals surface area (Å²) in [4.78, 5) is 15.6. The molecule has 0 bridgehead atoms. The fraction of sp³-hybridized carbons (Fsp3) is 0.143. The molecule has 2 aromatic rings. The quantitative estimate of drug-likeness (QED) is 0.804. The monoisotopic (exact) mass is 257 g/mol. The first-order valence-electron chi connectivity index (χ1n) is 5.87. The Kier molecular flexibility index (Phi) is 4.10. The highest BCUT2D eigenvalue weighted by Gasteiger charge is 2.11. The molecule has 1 heterocycles. The minimum atomic E-state index is -0.577. The van der Waals surface area contributed by atoms with Crippen molar-refractivity contribution in [2.75, 3.05) is 5.32 Å². The number of oxazole rings is 1. The van der Waals surface area contributed by atoms with Gasteiger partial charge in [-0.3, -0.25) is 4.79 Å². The topological polar surface area (TPSA) is 81.2 Å². The van der Waals surface area contributed by atoms with Crippen LogP contribution in [0.5, 0.6) is 0 Å². The summed E-state index contributed by atoms with van der Waals surface area (Å²) in [6.07, 6.45) is 5.08. The Morgan fingerprint density at radius 3 is 2.79 bits per heavy atom. The molecule has 98 valence electrons. The van der Waals surface area contributed by atoms with Crippen LogP contribution < -0.4 is 11.1 Å². The van der Waals surface area contributed by atoms with E-state index in [4.69, 9.17) is 10.2 Å². The van der Waals surface area contributed by atoms with Gasteiger partial charge >= 0.3 is 0 Å². The summed E-state index contributed by atoms with van der Waals surface area (Å²) in [6.45, 7) is 3.55. The van der Waals surface area contributed by atoms with Gasteiger partial charge in [0.1, 0.15) is 0 Å². The van der Waals surface area contributed by atoms with Crippen molar-refractivity contribution in [3.8, 4) is 11.3 Å². The second-order valence-corrected chi connectivity index (χ2v) is 4.06. The fourth-order valence-electron chi connectivity index (χ4n) is 1.60. The summed E-state index contributed by atoms with van der Waals surface area (Å²) < 4.78 is 5.18. The van der Waals surface area contributed by atoms with Crippen LogP contribution in [-0.2, 0) is 4.79 Å².